The van der Waals surface area contributed by atoms with E-state index in [1.807, 2.05) is 32.0 Å². The minimum Gasteiger partial charge on any atom is -0.352 e. The number of amides is 2. The van der Waals surface area contributed by atoms with Crippen LogP contribution in [-0.2, 0) is 4.79 Å². The van der Waals surface area contributed by atoms with Gasteiger partial charge in [-0.25, -0.2) is 0 Å². The second-order valence-corrected chi connectivity index (χ2v) is 4.84. The smallest absolute Gasteiger partial charge is 0.251 e. The predicted molar refractivity (Wildman–Crippen MR) is 69.4 cm³/mol. The summed E-state index contributed by atoms with van der Waals surface area (Å²) >= 11 is 0. The first-order valence-electron chi connectivity index (χ1n) is 6.21. The van der Waals surface area contributed by atoms with Gasteiger partial charge in [-0.2, -0.15) is 0 Å². The second-order valence-electron chi connectivity index (χ2n) is 4.84. The van der Waals surface area contributed by atoms with Crippen LogP contribution in [0.15, 0.2) is 18.2 Å². The molecule has 0 spiro atoms. The Kier molecular flexibility index (Phi) is 3.65. The number of aryl methyl sites for hydroxylation is 2. The maximum atomic E-state index is 11.9. The van der Waals surface area contributed by atoms with Crippen LogP contribution in [0.5, 0.6) is 0 Å². The van der Waals surface area contributed by atoms with Crippen LogP contribution < -0.4 is 10.6 Å². The Labute approximate surface area is 107 Å². The van der Waals surface area contributed by atoms with Crippen LogP contribution in [0.25, 0.3) is 0 Å². The van der Waals surface area contributed by atoms with Gasteiger partial charge in [-0.1, -0.05) is 17.7 Å². The van der Waals surface area contributed by atoms with Crippen molar-refractivity contribution in [3.63, 3.8) is 0 Å². The Morgan fingerprint density at radius 3 is 2.67 bits per heavy atom. The normalized spacial score (nSPS) is 14.1. The van der Waals surface area contributed by atoms with Crippen molar-refractivity contribution in [3.05, 3.63) is 34.9 Å². The molecule has 0 saturated heterocycles. The van der Waals surface area contributed by atoms with E-state index in [9.17, 15) is 9.59 Å². The van der Waals surface area contributed by atoms with Crippen molar-refractivity contribution in [1.29, 1.82) is 0 Å². The molecule has 4 heteroatoms. The molecular weight excluding hydrogens is 228 g/mol. The third-order valence-corrected chi connectivity index (χ3v) is 2.99. The Bertz CT molecular complexity index is 479. The van der Waals surface area contributed by atoms with E-state index in [-0.39, 0.29) is 18.4 Å². The molecule has 0 radical (unpaired) electrons. The Morgan fingerprint density at radius 1 is 1.28 bits per heavy atom. The lowest BCUT2D eigenvalue weighted by molar-refractivity contribution is -0.120. The summed E-state index contributed by atoms with van der Waals surface area (Å²) < 4.78 is 0. The van der Waals surface area contributed by atoms with Crippen LogP contribution in [0.3, 0.4) is 0 Å². The van der Waals surface area contributed by atoms with Crippen molar-refractivity contribution in [2.45, 2.75) is 32.7 Å². The molecule has 0 bridgehead atoms. The minimum atomic E-state index is -0.192. The molecule has 0 unspecified atom stereocenters. The molecule has 0 aliphatic heterocycles. The molecule has 2 amide bonds. The summed E-state index contributed by atoms with van der Waals surface area (Å²) in [6.07, 6.45) is 2.10. The number of nitrogens with one attached hydrogen (secondary N) is 2. The van der Waals surface area contributed by atoms with E-state index in [0.717, 1.165) is 24.0 Å². The zero-order valence-corrected chi connectivity index (χ0v) is 10.7. The molecule has 1 fully saturated rings. The monoisotopic (exact) mass is 246 g/mol. The van der Waals surface area contributed by atoms with Crippen LogP contribution in [0, 0.1) is 13.8 Å². The molecule has 2 N–H and O–H groups in total. The van der Waals surface area contributed by atoms with Gasteiger partial charge in [0.1, 0.15) is 0 Å². The lowest BCUT2D eigenvalue weighted by Gasteiger charge is -2.08. The quantitative estimate of drug-likeness (QED) is 0.841. The van der Waals surface area contributed by atoms with Crippen molar-refractivity contribution >= 4 is 11.8 Å². The summed E-state index contributed by atoms with van der Waals surface area (Å²) in [5, 5.41) is 5.48. The predicted octanol–water partition coefficient (Wildman–Crippen LogP) is 1.31. The van der Waals surface area contributed by atoms with Gasteiger partial charge < -0.3 is 10.6 Å². The van der Waals surface area contributed by atoms with Crippen LogP contribution in [0.2, 0.25) is 0 Å². The average molecular weight is 246 g/mol. The fraction of sp³-hybridized carbons (Fsp3) is 0.429. The Balaban J connectivity index is 1.90. The van der Waals surface area contributed by atoms with Crippen LogP contribution in [0.1, 0.15) is 34.3 Å². The maximum Gasteiger partial charge on any atom is 0.251 e. The summed E-state index contributed by atoms with van der Waals surface area (Å²) in [5.41, 5.74) is 2.59. The van der Waals surface area contributed by atoms with Crippen molar-refractivity contribution in [2.75, 3.05) is 6.54 Å². The van der Waals surface area contributed by atoms with Crippen molar-refractivity contribution in [1.82, 2.24) is 10.6 Å². The van der Waals surface area contributed by atoms with E-state index in [1.54, 1.807) is 0 Å². The topological polar surface area (TPSA) is 58.2 Å². The Hall–Kier alpha value is -1.84. The summed E-state index contributed by atoms with van der Waals surface area (Å²) in [6.45, 7) is 3.87. The molecule has 1 aliphatic rings. The van der Waals surface area contributed by atoms with Gasteiger partial charge in [-0.05, 0) is 38.3 Å². The molecule has 1 saturated carbocycles. The molecule has 96 valence electrons. The highest BCUT2D eigenvalue weighted by Crippen LogP contribution is 2.18. The first kappa shape index (κ1) is 12.6. The molecule has 1 aliphatic carbocycles. The van der Waals surface area contributed by atoms with Gasteiger partial charge in [0.05, 0.1) is 6.54 Å². The fourth-order valence-electron chi connectivity index (χ4n) is 1.74. The van der Waals surface area contributed by atoms with E-state index in [4.69, 9.17) is 0 Å². The third kappa shape index (κ3) is 3.32. The van der Waals surface area contributed by atoms with Crippen LogP contribution >= 0.6 is 0 Å². The van der Waals surface area contributed by atoms with Gasteiger partial charge in [0.2, 0.25) is 5.91 Å². The molecule has 0 heterocycles. The molecule has 0 aromatic heterocycles. The number of benzene rings is 1. The van der Waals surface area contributed by atoms with Crippen LogP contribution in [-0.4, -0.2) is 24.4 Å². The standard InChI is InChI=1S/C14H18N2O2/c1-9-3-4-10(2)12(7-9)14(18)15-8-13(17)16-11-5-6-11/h3-4,7,11H,5-6,8H2,1-2H3,(H,15,18)(H,16,17). The summed E-state index contributed by atoms with van der Waals surface area (Å²) in [4.78, 5) is 23.4. The fourth-order valence-corrected chi connectivity index (χ4v) is 1.74. The molecular formula is C14H18N2O2. The summed E-state index contributed by atoms with van der Waals surface area (Å²) in [5.74, 6) is -0.307. The lowest BCUT2D eigenvalue weighted by Crippen LogP contribution is -2.38. The zero-order valence-electron chi connectivity index (χ0n) is 10.7. The van der Waals surface area contributed by atoms with Crippen molar-refractivity contribution < 1.29 is 9.59 Å². The van der Waals surface area contributed by atoms with E-state index in [2.05, 4.69) is 10.6 Å². The number of carbonyl (C=O) groups excluding carboxylic acids is 2. The van der Waals surface area contributed by atoms with E-state index < -0.39 is 0 Å². The van der Waals surface area contributed by atoms with Gasteiger partial charge in [-0.3, -0.25) is 9.59 Å². The average Bonchev–Trinajstić information content (AvgIpc) is 3.13. The number of hydrogen-bond acceptors (Lipinski definition) is 2. The highest BCUT2D eigenvalue weighted by molar-refractivity contribution is 5.97. The highest BCUT2D eigenvalue weighted by Gasteiger charge is 2.23. The van der Waals surface area contributed by atoms with Crippen molar-refractivity contribution in [2.24, 2.45) is 0 Å². The zero-order chi connectivity index (χ0) is 13.1. The highest BCUT2D eigenvalue weighted by atomic mass is 16.2. The van der Waals surface area contributed by atoms with Gasteiger partial charge >= 0.3 is 0 Å². The lowest BCUT2D eigenvalue weighted by atomic mass is 10.1. The van der Waals surface area contributed by atoms with E-state index in [1.165, 1.54) is 0 Å². The largest absolute Gasteiger partial charge is 0.352 e. The number of rotatable bonds is 4. The molecule has 4 nitrogen and oxygen atoms in total. The first-order valence-corrected chi connectivity index (χ1v) is 6.21. The molecule has 1 aromatic carbocycles. The summed E-state index contributed by atoms with van der Waals surface area (Å²) in [7, 11) is 0. The number of hydrogen-bond donors (Lipinski definition) is 2. The van der Waals surface area contributed by atoms with Crippen LogP contribution in [0.4, 0.5) is 0 Å². The Morgan fingerprint density at radius 2 is 2.00 bits per heavy atom. The number of carbonyl (C=O) groups is 2. The molecule has 2 rings (SSSR count). The van der Waals surface area contributed by atoms with Gasteiger partial charge in [0, 0.05) is 11.6 Å². The maximum absolute atomic E-state index is 11.9. The van der Waals surface area contributed by atoms with E-state index >= 15 is 0 Å². The third-order valence-electron chi connectivity index (χ3n) is 2.99. The molecule has 18 heavy (non-hydrogen) atoms. The first-order chi connectivity index (χ1) is 8.56. The molecule has 1 aromatic rings. The van der Waals surface area contributed by atoms with Gasteiger partial charge in [-0.15, -0.1) is 0 Å². The SMILES string of the molecule is Cc1ccc(C)c(C(=O)NCC(=O)NC2CC2)c1. The van der Waals surface area contributed by atoms with Gasteiger partial charge in [0.25, 0.3) is 5.91 Å². The van der Waals surface area contributed by atoms with Crippen molar-refractivity contribution in [3.8, 4) is 0 Å². The van der Waals surface area contributed by atoms with E-state index in [0.29, 0.717) is 11.6 Å². The minimum absolute atomic E-state index is 0.0444. The molecule has 0 atom stereocenters. The second kappa shape index (κ2) is 5.21. The summed E-state index contributed by atoms with van der Waals surface area (Å²) in [6, 6.07) is 6.04. The van der Waals surface area contributed by atoms with Gasteiger partial charge in [0.15, 0.2) is 0 Å².